The number of rotatable bonds is 3. The van der Waals surface area contributed by atoms with Gasteiger partial charge in [0, 0.05) is 3.57 Å². The van der Waals surface area contributed by atoms with Crippen molar-refractivity contribution in [1.29, 1.82) is 0 Å². The first kappa shape index (κ1) is 13.2. The molecule has 0 aliphatic heterocycles. The number of hydrogen-bond acceptors (Lipinski definition) is 3. The van der Waals surface area contributed by atoms with Crippen molar-refractivity contribution in [3.63, 3.8) is 0 Å². The van der Waals surface area contributed by atoms with E-state index in [2.05, 4.69) is 9.72 Å². The first-order chi connectivity index (χ1) is 7.45. The number of carbonyl (C=O) groups excluding carboxylic acids is 1. The Bertz CT molecular complexity index is 412. The zero-order valence-electron chi connectivity index (χ0n) is 8.14. The summed E-state index contributed by atoms with van der Waals surface area (Å²) < 4.78 is 42.4. The van der Waals surface area contributed by atoms with Crippen LogP contribution in [0.3, 0.4) is 0 Å². The predicted molar refractivity (Wildman–Crippen MR) is 57.6 cm³/mol. The smallest absolute Gasteiger partial charge is 0.311 e. The Morgan fingerprint density at radius 2 is 2.25 bits per heavy atom. The van der Waals surface area contributed by atoms with Gasteiger partial charge in [-0.1, -0.05) is 0 Å². The number of halogens is 4. The van der Waals surface area contributed by atoms with Crippen LogP contribution in [-0.2, 0) is 16.0 Å². The molecule has 0 unspecified atom stereocenters. The van der Waals surface area contributed by atoms with Crippen LogP contribution in [0.4, 0.5) is 13.2 Å². The maximum absolute atomic E-state index is 13.0. The molecule has 0 N–H and O–H groups in total. The molecule has 0 spiro atoms. The summed E-state index contributed by atoms with van der Waals surface area (Å²) in [6, 6.07) is 0.924. The predicted octanol–water partition coefficient (Wildman–Crippen LogP) is 2.48. The van der Waals surface area contributed by atoms with E-state index in [4.69, 9.17) is 0 Å². The van der Waals surface area contributed by atoms with Gasteiger partial charge in [0.15, 0.2) is 5.82 Å². The zero-order chi connectivity index (χ0) is 12.3. The van der Waals surface area contributed by atoms with Gasteiger partial charge in [-0.15, -0.1) is 0 Å². The largest absolute Gasteiger partial charge is 0.469 e. The standard InChI is InChI=1S/C9H7F3INO2/c1-16-7(15)3-6-5(13)2-4(10)8(14-6)9(11)12/h2,9H,3H2,1H3. The van der Waals surface area contributed by atoms with E-state index in [9.17, 15) is 18.0 Å². The molecule has 0 atom stereocenters. The molecule has 0 radical (unpaired) electrons. The maximum atomic E-state index is 13.0. The van der Waals surface area contributed by atoms with E-state index in [1.807, 2.05) is 0 Å². The van der Waals surface area contributed by atoms with Crippen LogP contribution in [0.5, 0.6) is 0 Å². The summed E-state index contributed by atoms with van der Waals surface area (Å²) in [5, 5.41) is 0. The average molecular weight is 345 g/mol. The highest BCUT2D eigenvalue weighted by molar-refractivity contribution is 14.1. The summed E-state index contributed by atoms with van der Waals surface area (Å²) in [4.78, 5) is 14.4. The number of esters is 1. The van der Waals surface area contributed by atoms with E-state index in [1.165, 1.54) is 7.11 Å². The number of pyridine rings is 1. The van der Waals surface area contributed by atoms with Crippen LogP contribution in [-0.4, -0.2) is 18.1 Å². The lowest BCUT2D eigenvalue weighted by Gasteiger charge is -2.06. The third-order valence-electron chi connectivity index (χ3n) is 1.78. The topological polar surface area (TPSA) is 39.2 Å². The summed E-state index contributed by atoms with van der Waals surface area (Å²) in [6.07, 6.45) is -3.26. The minimum Gasteiger partial charge on any atom is -0.469 e. The van der Waals surface area contributed by atoms with E-state index < -0.39 is 23.9 Å². The van der Waals surface area contributed by atoms with Crippen molar-refractivity contribution in [2.75, 3.05) is 7.11 Å². The molecule has 1 heterocycles. The minimum atomic E-state index is -3.01. The molecule has 1 rings (SSSR count). The molecule has 0 amide bonds. The molecule has 0 saturated heterocycles. The molecule has 1 aromatic rings. The summed E-state index contributed by atoms with van der Waals surface area (Å²) in [7, 11) is 1.17. The van der Waals surface area contributed by atoms with Gasteiger partial charge in [-0.05, 0) is 28.7 Å². The van der Waals surface area contributed by atoms with Crippen molar-refractivity contribution in [2.45, 2.75) is 12.8 Å². The lowest BCUT2D eigenvalue weighted by atomic mass is 10.2. The van der Waals surface area contributed by atoms with Crippen LogP contribution < -0.4 is 0 Å². The van der Waals surface area contributed by atoms with Gasteiger partial charge in [-0.25, -0.2) is 18.2 Å². The quantitative estimate of drug-likeness (QED) is 0.624. The second kappa shape index (κ2) is 5.46. The molecule has 0 fully saturated rings. The number of carbonyl (C=O) groups is 1. The Hall–Kier alpha value is -0.860. The number of nitrogens with zero attached hydrogens (tertiary/aromatic N) is 1. The maximum Gasteiger partial charge on any atom is 0.311 e. The normalized spacial score (nSPS) is 10.6. The first-order valence-electron chi connectivity index (χ1n) is 4.15. The van der Waals surface area contributed by atoms with E-state index in [-0.39, 0.29) is 12.1 Å². The average Bonchev–Trinajstić information content (AvgIpc) is 2.21. The molecule has 7 heteroatoms. The van der Waals surface area contributed by atoms with Crippen LogP contribution in [0.25, 0.3) is 0 Å². The van der Waals surface area contributed by atoms with Gasteiger partial charge in [0.2, 0.25) is 0 Å². The van der Waals surface area contributed by atoms with Gasteiger partial charge in [-0.2, -0.15) is 0 Å². The molecule has 16 heavy (non-hydrogen) atoms. The van der Waals surface area contributed by atoms with E-state index >= 15 is 0 Å². The number of methoxy groups -OCH3 is 1. The highest BCUT2D eigenvalue weighted by atomic mass is 127. The summed E-state index contributed by atoms with van der Waals surface area (Å²) >= 11 is 1.72. The monoisotopic (exact) mass is 345 g/mol. The lowest BCUT2D eigenvalue weighted by Crippen LogP contribution is -2.10. The number of alkyl halides is 2. The fourth-order valence-electron chi connectivity index (χ4n) is 1.01. The SMILES string of the molecule is COC(=O)Cc1nc(C(F)F)c(F)cc1I. The van der Waals surface area contributed by atoms with Gasteiger partial charge >= 0.3 is 5.97 Å². The molecule has 0 aliphatic carbocycles. The molecular weight excluding hydrogens is 338 g/mol. The molecule has 0 bridgehead atoms. The molecule has 88 valence electrons. The lowest BCUT2D eigenvalue weighted by molar-refractivity contribution is -0.139. The molecule has 0 aromatic carbocycles. The van der Waals surface area contributed by atoms with Crippen LogP contribution in [0.1, 0.15) is 17.8 Å². The number of aromatic nitrogens is 1. The van der Waals surface area contributed by atoms with Crippen LogP contribution in [0, 0.1) is 9.39 Å². The van der Waals surface area contributed by atoms with Crippen molar-refractivity contribution in [2.24, 2.45) is 0 Å². The van der Waals surface area contributed by atoms with Gasteiger partial charge in [0.25, 0.3) is 6.43 Å². The summed E-state index contributed by atoms with van der Waals surface area (Å²) in [5.41, 5.74) is -0.858. The van der Waals surface area contributed by atoms with Crippen molar-refractivity contribution < 1.29 is 22.7 Å². The van der Waals surface area contributed by atoms with Crippen molar-refractivity contribution in [1.82, 2.24) is 4.98 Å². The second-order valence-corrected chi connectivity index (χ2v) is 4.00. The molecule has 0 aliphatic rings. The first-order valence-corrected chi connectivity index (χ1v) is 5.23. The van der Waals surface area contributed by atoms with Crippen molar-refractivity contribution in [3.05, 3.63) is 26.8 Å². The number of ether oxygens (including phenoxy) is 1. The summed E-state index contributed by atoms with van der Waals surface area (Å²) in [5.74, 6) is -1.69. The van der Waals surface area contributed by atoms with Crippen LogP contribution in [0.15, 0.2) is 6.07 Å². The Morgan fingerprint density at radius 3 is 2.75 bits per heavy atom. The van der Waals surface area contributed by atoms with Crippen LogP contribution >= 0.6 is 22.6 Å². The van der Waals surface area contributed by atoms with E-state index in [0.29, 0.717) is 3.57 Å². The van der Waals surface area contributed by atoms with Crippen molar-refractivity contribution >= 4 is 28.6 Å². The Labute approximate surface area is 103 Å². The highest BCUT2D eigenvalue weighted by Crippen LogP contribution is 2.23. The zero-order valence-corrected chi connectivity index (χ0v) is 10.3. The summed E-state index contributed by atoms with van der Waals surface area (Å²) in [6.45, 7) is 0. The van der Waals surface area contributed by atoms with Crippen molar-refractivity contribution in [3.8, 4) is 0 Å². The second-order valence-electron chi connectivity index (χ2n) is 2.84. The van der Waals surface area contributed by atoms with Gasteiger partial charge < -0.3 is 4.74 Å². The Morgan fingerprint density at radius 1 is 1.62 bits per heavy atom. The fourth-order valence-corrected chi connectivity index (χ4v) is 1.59. The van der Waals surface area contributed by atoms with E-state index in [1.54, 1.807) is 22.6 Å². The van der Waals surface area contributed by atoms with Gasteiger partial charge in [-0.3, -0.25) is 4.79 Å². The van der Waals surface area contributed by atoms with Crippen LogP contribution in [0.2, 0.25) is 0 Å². The third kappa shape index (κ3) is 3.06. The number of hydrogen-bond donors (Lipinski definition) is 0. The Balaban J connectivity index is 3.09. The third-order valence-corrected chi connectivity index (χ3v) is 2.71. The van der Waals surface area contributed by atoms with E-state index in [0.717, 1.165) is 6.07 Å². The van der Waals surface area contributed by atoms with Gasteiger partial charge in [0.05, 0.1) is 19.2 Å². The molecule has 3 nitrogen and oxygen atoms in total. The molecule has 0 saturated carbocycles. The molecular formula is C9H7F3INO2. The minimum absolute atomic E-state index is 0.0872. The fraction of sp³-hybridized carbons (Fsp3) is 0.333. The van der Waals surface area contributed by atoms with Gasteiger partial charge in [0.1, 0.15) is 5.69 Å². The Kier molecular flexibility index (Phi) is 4.51. The molecule has 1 aromatic heterocycles. The highest BCUT2D eigenvalue weighted by Gasteiger charge is 2.19.